The molecule has 4 aromatic rings. The third kappa shape index (κ3) is 7.73. The van der Waals surface area contributed by atoms with Crippen molar-refractivity contribution in [2.75, 3.05) is 23.8 Å². The molecular formula is C28H33F2N10O12P2S+. The monoisotopic (exact) mass is 833 g/mol. The average molecular weight is 834 g/mol. The molecule has 0 aliphatic carbocycles. The molecule has 55 heavy (non-hydrogen) atoms. The first-order valence-electron chi connectivity index (χ1n) is 16.6. The predicted molar refractivity (Wildman–Crippen MR) is 187 cm³/mol. The normalized spacial score (nSPS) is 31.0. The zero-order valence-electron chi connectivity index (χ0n) is 29.0. The number of hydrogen-bond donors (Lipinski definition) is 5. The Morgan fingerprint density at radius 2 is 1.36 bits per heavy atom. The quantitative estimate of drug-likeness (QED) is 0.173. The Balaban J connectivity index is 1.12. The van der Waals surface area contributed by atoms with Crippen molar-refractivity contribution in [2.24, 2.45) is 11.8 Å². The highest BCUT2D eigenvalue weighted by molar-refractivity contribution is 8.07. The largest absolute Gasteiger partial charge is 0.697 e. The Bertz CT molecular complexity index is 2340. The van der Waals surface area contributed by atoms with Crippen molar-refractivity contribution in [1.29, 1.82) is 0 Å². The van der Waals surface area contributed by atoms with Crippen molar-refractivity contribution in [2.45, 2.75) is 76.9 Å². The van der Waals surface area contributed by atoms with Crippen LogP contribution in [0.3, 0.4) is 0 Å². The minimum atomic E-state index is -4.41. The molecule has 27 heteroatoms. The summed E-state index contributed by atoms with van der Waals surface area (Å²) in [4.78, 5) is 82.1. The van der Waals surface area contributed by atoms with Gasteiger partial charge in [0.2, 0.25) is 23.7 Å². The number of ether oxygens (including phenoxy) is 2. The van der Waals surface area contributed by atoms with Gasteiger partial charge in [-0.2, -0.15) is 9.97 Å². The van der Waals surface area contributed by atoms with Crippen LogP contribution in [-0.2, 0) is 53.5 Å². The van der Waals surface area contributed by atoms with Crippen LogP contribution in [0, 0.1) is 11.8 Å². The number of anilines is 2. The number of nitrogens with one attached hydrogen (secondary N) is 4. The first-order chi connectivity index (χ1) is 26.0. The topological polar surface area (TPSA) is 278 Å². The fourth-order valence-electron chi connectivity index (χ4n) is 5.84. The maximum absolute atomic E-state index is 16.3. The van der Waals surface area contributed by atoms with Gasteiger partial charge in [0.25, 0.3) is 11.1 Å². The van der Waals surface area contributed by atoms with Crippen molar-refractivity contribution >= 4 is 72.8 Å². The van der Waals surface area contributed by atoms with Gasteiger partial charge in [0.05, 0.1) is 19.3 Å². The van der Waals surface area contributed by atoms with Crippen molar-refractivity contribution < 1.29 is 55.4 Å². The molecule has 0 radical (unpaired) electrons. The third-order valence-corrected chi connectivity index (χ3v) is 11.0. The van der Waals surface area contributed by atoms with Gasteiger partial charge >= 0.3 is 15.0 Å². The van der Waals surface area contributed by atoms with Crippen molar-refractivity contribution in [1.82, 2.24) is 39.0 Å². The second-order valence-electron chi connectivity index (χ2n) is 13.2. The van der Waals surface area contributed by atoms with Crippen LogP contribution in [0.5, 0.6) is 0 Å². The number of nitrogens with zero attached hydrogens (tertiary/aromatic N) is 6. The molecule has 7 rings (SSSR count). The van der Waals surface area contributed by atoms with Crippen molar-refractivity contribution in [3.05, 3.63) is 33.4 Å². The maximum Gasteiger partial charge on any atom is 0.697 e. The highest BCUT2D eigenvalue weighted by Crippen LogP contribution is 2.52. The summed E-state index contributed by atoms with van der Waals surface area (Å²) < 4.78 is 81.3. The number of fused-ring (bicyclic) bond motifs is 4. The standard InChI is InChI=1S/C28H32F2N10O12P2S/c1-9(2)21(41)35-27-33-19-15(23(43)37-27)31-7-39(19)25-13(29)17-12(50-25)6-48-54(46,55)52-18-11(5-47-53(45)51-17)49-26(14(18)30)40-8-32-16-20(40)34-28(38-24(16)44)36-22(42)10(3)4/h7-14,17-18,25-26H,5-6H2,1-4H3,(H4-,33,34,35,36,37,38,41,42,43,44,46,55)/p+1. The Kier molecular flexibility index (Phi) is 10.8. The van der Waals surface area contributed by atoms with Crippen LogP contribution in [-0.4, -0.2) is 106 Å². The van der Waals surface area contributed by atoms with Crippen LogP contribution in [0.1, 0.15) is 40.2 Å². The van der Waals surface area contributed by atoms with Gasteiger partial charge < -0.3 is 18.9 Å². The molecule has 3 aliphatic rings. The van der Waals surface area contributed by atoms with E-state index in [1.165, 1.54) is 0 Å². The highest BCUT2D eigenvalue weighted by Gasteiger charge is 2.55. The lowest BCUT2D eigenvalue weighted by molar-refractivity contribution is -0.119. The number of carbonyl (C=O) groups is 2. The number of rotatable bonds is 6. The number of amides is 2. The zero-order chi connectivity index (χ0) is 39.5. The summed E-state index contributed by atoms with van der Waals surface area (Å²) in [5.74, 6) is -2.32. The average Bonchev–Trinajstić information content (AvgIpc) is 3.87. The second-order valence-corrected chi connectivity index (χ2v) is 16.9. The van der Waals surface area contributed by atoms with E-state index in [0.717, 1.165) is 21.8 Å². The van der Waals surface area contributed by atoms with Crippen LogP contribution >= 0.6 is 15.0 Å². The van der Waals surface area contributed by atoms with Gasteiger partial charge in [0.1, 0.15) is 24.9 Å². The molecule has 4 aromatic heterocycles. The van der Waals surface area contributed by atoms with E-state index in [9.17, 15) is 28.6 Å². The molecule has 3 saturated heterocycles. The molecular weight excluding hydrogens is 800 g/mol. The van der Waals surface area contributed by atoms with Crippen molar-refractivity contribution in [3.63, 3.8) is 0 Å². The number of hydrogen-bond acceptors (Lipinski definition) is 16. The number of H-pyrrole nitrogens is 2. The summed E-state index contributed by atoms with van der Waals surface area (Å²) in [6.45, 7) is 0.645. The second kappa shape index (κ2) is 15.1. The van der Waals surface area contributed by atoms with Crippen LogP contribution in [0.15, 0.2) is 22.2 Å². The fraction of sp³-hybridized carbons (Fsp3) is 0.571. The number of imidazole rings is 2. The first-order valence-corrected chi connectivity index (χ1v) is 20.3. The van der Waals surface area contributed by atoms with E-state index >= 15 is 8.78 Å². The van der Waals surface area contributed by atoms with Crippen LogP contribution < -0.4 is 21.8 Å². The van der Waals surface area contributed by atoms with Gasteiger partial charge in [0.15, 0.2) is 53.2 Å². The van der Waals surface area contributed by atoms with Gasteiger partial charge in [-0.15, -0.1) is 9.05 Å². The summed E-state index contributed by atoms with van der Waals surface area (Å²) in [6.07, 6.45) is -11.8. The van der Waals surface area contributed by atoms with Gasteiger partial charge in [0, 0.05) is 16.4 Å². The Morgan fingerprint density at radius 3 is 1.85 bits per heavy atom. The summed E-state index contributed by atoms with van der Waals surface area (Å²) >= 11 is 5.17. The first kappa shape index (κ1) is 39.2. The number of carbonyl (C=O) groups excluding carboxylic acids is 2. The Hall–Kier alpha value is -4.03. The van der Waals surface area contributed by atoms with Gasteiger partial charge in [-0.05, 0) is 11.8 Å². The third-order valence-electron chi connectivity index (χ3n) is 8.69. The number of alkyl halides is 2. The van der Waals surface area contributed by atoms with Crippen LogP contribution in [0.4, 0.5) is 20.7 Å². The SMILES string of the molecule is CC(C)C(=O)Nc1nc2c(ncn2C2OC3COP(O)(=S)OC4C(CO[P+](=O)OC3C2F)OC(n2cnc3c(=O)[nH]c(NC(=O)C(C)C)nc32)C4F)c(=O)[nH]1. The summed E-state index contributed by atoms with van der Waals surface area (Å²) in [7, 11) is -3.18. The molecule has 7 heterocycles. The minimum absolute atomic E-state index is 0.180. The van der Waals surface area contributed by atoms with E-state index < -0.39 is 112 Å². The molecule has 0 spiro atoms. The maximum atomic E-state index is 16.3. The summed E-state index contributed by atoms with van der Waals surface area (Å²) in [5, 5.41) is 4.90. The van der Waals surface area contributed by atoms with Crippen molar-refractivity contribution in [3.8, 4) is 0 Å². The van der Waals surface area contributed by atoms with Crippen LogP contribution in [0.25, 0.3) is 22.3 Å². The molecule has 0 bridgehead atoms. The molecule has 0 aromatic carbocycles. The molecule has 22 nitrogen and oxygen atoms in total. The minimum Gasteiger partial charge on any atom is -0.346 e. The molecule has 10 unspecified atom stereocenters. The lowest BCUT2D eigenvalue weighted by Crippen LogP contribution is -2.36. The zero-order valence-corrected chi connectivity index (χ0v) is 31.6. The Labute approximate surface area is 312 Å². The highest BCUT2D eigenvalue weighted by atomic mass is 32.5. The molecule has 3 aliphatic heterocycles. The molecule has 296 valence electrons. The van der Waals surface area contributed by atoms with E-state index in [4.69, 9.17) is 39.4 Å². The number of halogens is 2. The molecule has 3 fully saturated rings. The smallest absolute Gasteiger partial charge is 0.346 e. The number of aromatic amines is 2. The number of aromatic nitrogens is 8. The Morgan fingerprint density at radius 1 is 0.891 bits per heavy atom. The molecule has 2 amide bonds. The lowest BCUT2D eigenvalue weighted by atomic mass is 10.1. The predicted octanol–water partition coefficient (Wildman–Crippen LogP) is 1.60. The molecule has 0 saturated carbocycles. The molecule has 10 atom stereocenters. The lowest BCUT2D eigenvalue weighted by Gasteiger charge is -2.25. The van der Waals surface area contributed by atoms with E-state index in [-0.39, 0.29) is 34.2 Å². The fourth-order valence-corrected chi connectivity index (χ4v) is 8.05. The molecule has 5 N–H and O–H groups in total. The van der Waals surface area contributed by atoms with E-state index in [0.29, 0.717) is 0 Å². The van der Waals surface area contributed by atoms with E-state index in [2.05, 4.69) is 40.5 Å². The summed E-state index contributed by atoms with van der Waals surface area (Å²) in [5.41, 5.74) is -2.29. The summed E-state index contributed by atoms with van der Waals surface area (Å²) in [6, 6.07) is 0. The van der Waals surface area contributed by atoms with E-state index in [1.54, 1.807) is 27.7 Å². The van der Waals surface area contributed by atoms with Crippen LogP contribution in [0.2, 0.25) is 0 Å². The van der Waals surface area contributed by atoms with Gasteiger partial charge in [-0.25, -0.2) is 18.7 Å². The van der Waals surface area contributed by atoms with E-state index in [1.807, 2.05) is 0 Å². The van der Waals surface area contributed by atoms with Gasteiger partial charge in [-0.1, -0.05) is 27.7 Å². The van der Waals surface area contributed by atoms with Gasteiger partial charge in [-0.3, -0.25) is 53.4 Å².